The second-order valence-electron chi connectivity index (χ2n) is 14.4. The summed E-state index contributed by atoms with van der Waals surface area (Å²) in [7, 11) is 0. The monoisotopic (exact) mass is 678 g/mol. The molecule has 0 spiro atoms. The highest BCUT2D eigenvalue weighted by atomic mass is 14.7. The molecule has 1 aliphatic carbocycles. The second-order valence-corrected chi connectivity index (χ2v) is 14.4. The van der Waals surface area contributed by atoms with Crippen molar-refractivity contribution >= 4 is 0 Å². The summed E-state index contributed by atoms with van der Waals surface area (Å²) in [6.45, 7) is 4.35. The van der Waals surface area contributed by atoms with E-state index in [0.29, 0.717) is 5.56 Å². The average molecular weight is 679 g/mol. The van der Waals surface area contributed by atoms with Gasteiger partial charge in [0.05, 0.1) is 11.4 Å². The van der Waals surface area contributed by atoms with E-state index in [2.05, 4.69) is 78.6 Å². The number of aromatic nitrogens is 2. The molecule has 0 bridgehead atoms. The van der Waals surface area contributed by atoms with Crippen molar-refractivity contribution in [1.29, 1.82) is 0 Å². The predicted molar refractivity (Wildman–Crippen MR) is 218 cm³/mol. The average Bonchev–Trinajstić information content (AvgIpc) is 3.24. The first-order valence-electron chi connectivity index (χ1n) is 20.4. The maximum absolute atomic E-state index is 9.21. The zero-order valence-electron chi connectivity index (χ0n) is 33.9. The summed E-state index contributed by atoms with van der Waals surface area (Å²) in [4.78, 5) is 9.13. The van der Waals surface area contributed by atoms with Gasteiger partial charge in [0.25, 0.3) is 0 Å². The Labute approximate surface area is 314 Å². The van der Waals surface area contributed by atoms with Crippen LogP contribution in [0.25, 0.3) is 55.9 Å². The highest BCUT2D eigenvalue weighted by Crippen LogP contribution is 2.40. The second kappa shape index (κ2) is 14.9. The van der Waals surface area contributed by atoms with Crippen LogP contribution in [0.5, 0.6) is 0 Å². The van der Waals surface area contributed by atoms with Crippen LogP contribution in [0, 0.1) is 6.92 Å². The van der Waals surface area contributed by atoms with Crippen LogP contribution >= 0.6 is 0 Å². The Balaban J connectivity index is 1.05. The largest absolute Gasteiger partial charge is 0.256 e. The number of aryl methyl sites for hydroxylation is 3. The molecule has 1 fully saturated rings. The molecular weight excluding hydrogens is 629 g/mol. The van der Waals surface area contributed by atoms with Gasteiger partial charge >= 0.3 is 0 Å². The summed E-state index contributed by atoms with van der Waals surface area (Å²) in [5.74, 6) is 0. The van der Waals surface area contributed by atoms with E-state index in [1.54, 1.807) is 42.6 Å². The lowest BCUT2D eigenvalue weighted by atomic mass is 9.71. The van der Waals surface area contributed by atoms with E-state index < -0.39 is 12.7 Å². The number of nitrogens with zero attached hydrogens (tertiary/aromatic N) is 2. The normalized spacial score (nSPS) is 15.6. The Morgan fingerprint density at radius 2 is 1.12 bits per heavy atom. The summed E-state index contributed by atoms with van der Waals surface area (Å²) in [5, 5.41) is 0. The van der Waals surface area contributed by atoms with Crippen molar-refractivity contribution in [2.24, 2.45) is 0 Å². The summed E-state index contributed by atoms with van der Waals surface area (Å²) in [6.07, 6.45) is 5.47. The quantitative estimate of drug-likeness (QED) is 0.152. The zero-order chi connectivity index (χ0) is 38.9. The van der Waals surface area contributed by atoms with Crippen molar-refractivity contribution in [3.63, 3.8) is 0 Å². The Morgan fingerprint density at radius 3 is 1.85 bits per heavy atom. The van der Waals surface area contributed by atoms with E-state index >= 15 is 0 Å². The molecule has 8 rings (SSSR count). The van der Waals surface area contributed by atoms with E-state index in [1.165, 1.54) is 43.2 Å². The van der Waals surface area contributed by atoms with Gasteiger partial charge in [-0.15, -0.1) is 0 Å². The van der Waals surface area contributed by atoms with Gasteiger partial charge in [0.2, 0.25) is 0 Å². The minimum absolute atomic E-state index is 0.271. The Hall–Kier alpha value is -5.60. The van der Waals surface area contributed by atoms with Gasteiger partial charge in [-0.1, -0.05) is 153 Å². The fourth-order valence-corrected chi connectivity index (χ4v) is 7.67. The topological polar surface area (TPSA) is 25.8 Å². The fraction of sp³-hybridized carbons (Fsp3) is 0.200. The summed E-state index contributed by atoms with van der Waals surface area (Å²) in [5.41, 5.74) is 12.9. The van der Waals surface area contributed by atoms with Gasteiger partial charge in [-0.2, -0.15) is 0 Å². The molecule has 2 nitrogen and oxygen atoms in total. The van der Waals surface area contributed by atoms with Crippen LogP contribution in [0.4, 0.5) is 0 Å². The smallest absolute Gasteiger partial charge is 0.0708 e. The summed E-state index contributed by atoms with van der Waals surface area (Å²) < 4.78 is 36.6. The molecule has 7 aromatic rings. The van der Waals surface area contributed by atoms with Crippen LogP contribution in [0.15, 0.2) is 158 Å². The summed E-state index contributed by atoms with van der Waals surface area (Å²) in [6, 6.07) is 48.2. The van der Waals surface area contributed by atoms with Crippen molar-refractivity contribution in [2.45, 2.75) is 64.1 Å². The third-order valence-electron chi connectivity index (χ3n) is 10.6. The molecule has 0 unspecified atom stereocenters. The maximum Gasteiger partial charge on any atom is 0.0708 e. The highest BCUT2D eigenvalue weighted by molar-refractivity contribution is 5.85. The van der Waals surface area contributed by atoms with Gasteiger partial charge < -0.3 is 0 Å². The van der Waals surface area contributed by atoms with Crippen LogP contribution in [0.1, 0.15) is 66.8 Å². The van der Waals surface area contributed by atoms with Crippen molar-refractivity contribution in [3.05, 3.63) is 180 Å². The molecule has 1 aliphatic rings. The standard InChI is InChI=1S/C50H46N2/c1-36-32-38(14-13-37-15-17-41(18-16-37)48-12-6-9-30-51-48)34-44(33-36)47-11-5-4-10-46(47)40-19-21-42(22-20-40)49-35-43(27-31-52-49)39-23-25-45(26-24-39)50(2)28-7-3-8-29-50/h4-6,9-12,15-27,30-35H,3,7-8,13-14,28-29H2,1-2H3/i13D2,14D2. The Kier molecular flexibility index (Phi) is 8.34. The minimum Gasteiger partial charge on any atom is -0.256 e. The molecule has 2 aromatic heterocycles. The molecule has 0 saturated heterocycles. The first-order valence-corrected chi connectivity index (χ1v) is 18.4. The highest BCUT2D eigenvalue weighted by Gasteiger charge is 2.28. The Morgan fingerprint density at radius 1 is 0.500 bits per heavy atom. The minimum atomic E-state index is -2.33. The Bertz CT molecular complexity index is 2450. The first kappa shape index (κ1) is 29.0. The van der Waals surface area contributed by atoms with Crippen LogP contribution in [0.2, 0.25) is 0 Å². The van der Waals surface area contributed by atoms with Crippen LogP contribution < -0.4 is 0 Å². The van der Waals surface area contributed by atoms with Crippen molar-refractivity contribution in [2.75, 3.05) is 0 Å². The summed E-state index contributed by atoms with van der Waals surface area (Å²) >= 11 is 0. The van der Waals surface area contributed by atoms with Gasteiger partial charge in [0.15, 0.2) is 0 Å². The lowest BCUT2D eigenvalue weighted by molar-refractivity contribution is 0.319. The van der Waals surface area contributed by atoms with E-state index in [-0.39, 0.29) is 11.0 Å². The van der Waals surface area contributed by atoms with Gasteiger partial charge in [0, 0.05) is 29.0 Å². The predicted octanol–water partition coefficient (Wildman–Crippen LogP) is 13.1. The molecule has 2 heteroatoms. The maximum atomic E-state index is 9.21. The molecule has 0 radical (unpaired) electrons. The zero-order valence-corrected chi connectivity index (χ0v) is 29.9. The molecule has 52 heavy (non-hydrogen) atoms. The molecule has 1 saturated carbocycles. The SMILES string of the molecule is [2H]C([2H])(c1ccc(-c2ccccn2)cc1)C([2H])([2H])c1cc(C)cc(-c2ccccc2-c2ccc(-c3cc(-c4ccc(C5(C)CCCCC5)cc4)ccn3)cc2)c1. The molecule has 0 N–H and O–H groups in total. The van der Waals surface area contributed by atoms with Crippen molar-refractivity contribution < 1.29 is 5.48 Å². The molecule has 256 valence electrons. The third-order valence-corrected chi connectivity index (χ3v) is 10.6. The van der Waals surface area contributed by atoms with Gasteiger partial charge in [-0.05, 0) is 112 Å². The van der Waals surface area contributed by atoms with E-state index in [9.17, 15) is 2.74 Å². The first-order chi connectivity index (χ1) is 27.0. The van der Waals surface area contributed by atoms with E-state index in [0.717, 1.165) is 55.9 Å². The number of benzene rings is 5. The van der Waals surface area contributed by atoms with Gasteiger partial charge in [0.1, 0.15) is 0 Å². The van der Waals surface area contributed by atoms with Crippen molar-refractivity contribution in [3.8, 4) is 55.9 Å². The molecule has 0 aliphatic heterocycles. The van der Waals surface area contributed by atoms with Gasteiger partial charge in [-0.25, -0.2) is 0 Å². The van der Waals surface area contributed by atoms with E-state index in [4.69, 9.17) is 7.73 Å². The number of hydrogen-bond acceptors (Lipinski definition) is 2. The van der Waals surface area contributed by atoms with Crippen LogP contribution in [-0.4, -0.2) is 9.97 Å². The molecule has 0 atom stereocenters. The lowest BCUT2D eigenvalue weighted by Crippen LogP contribution is -2.24. The fourth-order valence-electron chi connectivity index (χ4n) is 7.67. The molecule has 5 aromatic carbocycles. The van der Waals surface area contributed by atoms with E-state index in [1.807, 2.05) is 55.6 Å². The van der Waals surface area contributed by atoms with Gasteiger partial charge in [-0.3, -0.25) is 9.97 Å². The number of rotatable bonds is 9. The number of pyridine rings is 2. The van der Waals surface area contributed by atoms with Crippen molar-refractivity contribution in [1.82, 2.24) is 9.97 Å². The lowest BCUT2D eigenvalue weighted by Gasteiger charge is -2.34. The van der Waals surface area contributed by atoms with Crippen LogP contribution in [-0.2, 0) is 18.2 Å². The molecular formula is C50H46N2. The number of hydrogen-bond donors (Lipinski definition) is 0. The van der Waals surface area contributed by atoms with Crippen LogP contribution in [0.3, 0.4) is 0 Å². The third kappa shape index (κ3) is 7.39. The molecule has 2 heterocycles. The molecule has 0 amide bonds.